The van der Waals surface area contributed by atoms with Gasteiger partial charge in [0, 0.05) is 17.8 Å². The van der Waals surface area contributed by atoms with Gasteiger partial charge in [0.25, 0.3) is 0 Å². The zero-order valence-corrected chi connectivity index (χ0v) is 13.5. The Morgan fingerprint density at radius 1 is 1.25 bits per heavy atom. The molecule has 0 saturated heterocycles. The molecule has 2 nitrogen and oxygen atoms in total. The van der Waals surface area contributed by atoms with Gasteiger partial charge in [-0.2, -0.15) is 0 Å². The van der Waals surface area contributed by atoms with Crippen LogP contribution < -0.4 is 5.32 Å². The molecule has 2 aromatic rings. The zero-order chi connectivity index (χ0) is 14.4. The minimum atomic E-state index is 0.504. The Morgan fingerprint density at radius 3 is 2.70 bits per heavy atom. The van der Waals surface area contributed by atoms with Crippen LogP contribution in [-0.2, 0) is 6.42 Å². The number of rotatable bonds is 7. The Labute approximate surface area is 126 Å². The van der Waals surface area contributed by atoms with Crippen LogP contribution in [-0.4, -0.2) is 18.1 Å². The molecule has 0 bridgehead atoms. The van der Waals surface area contributed by atoms with Crippen LogP contribution in [0.15, 0.2) is 29.6 Å². The lowest BCUT2D eigenvalue weighted by molar-refractivity contribution is 0.571. The summed E-state index contributed by atoms with van der Waals surface area (Å²) < 4.78 is 0. The standard InChI is InChI=1S/C17H24N2S/c1-4-9-18-11-15(10-16-12-20-14(3)19-16)17-8-6-5-7-13(17)2/h5-8,12,15,18H,4,9-11H2,1-3H3. The third-order valence-corrected chi connectivity index (χ3v) is 4.39. The largest absolute Gasteiger partial charge is 0.316 e. The number of hydrogen-bond acceptors (Lipinski definition) is 3. The fourth-order valence-electron chi connectivity index (χ4n) is 2.54. The van der Waals surface area contributed by atoms with Gasteiger partial charge >= 0.3 is 0 Å². The predicted octanol–water partition coefficient (Wildman–Crippen LogP) is 4.09. The van der Waals surface area contributed by atoms with Crippen LogP contribution in [0.5, 0.6) is 0 Å². The van der Waals surface area contributed by atoms with Crippen LogP contribution in [0.2, 0.25) is 0 Å². The molecular weight excluding hydrogens is 264 g/mol. The van der Waals surface area contributed by atoms with Gasteiger partial charge in [-0.15, -0.1) is 11.3 Å². The molecule has 0 aliphatic rings. The summed E-state index contributed by atoms with van der Waals surface area (Å²) in [7, 11) is 0. The van der Waals surface area contributed by atoms with Crippen molar-refractivity contribution in [2.75, 3.05) is 13.1 Å². The van der Waals surface area contributed by atoms with Gasteiger partial charge in [-0.05, 0) is 44.4 Å². The maximum Gasteiger partial charge on any atom is 0.0897 e. The zero-order valence-electron chi connectivity index (χ0n) is 12.6. The van der Waals surface area contributed by atoms with Crippen molar-refractivity contribution in [2.24, 2.45) is 0 Å². The number of thiazole rings is 1. The smallest absolute Gasteiger partial charge is 0.0897 e. The van der Waals surface area contributed by atoms with Crippen molar-refractivity contribution >= 4 is 11.3 Å². The average molecular weight is 288 g/mol. The van der Waals surface area contributed by atoms with Crippen LogP contribution >= 0.6 is 11.3 Å². The first-order chi connectivity index (χ1) is 9.70. The summed E-state index contributed by atoms with van der Waals surface area (Å²) in [4.78, 5) is 4.62. The second-order valence-corrected chi connectivity index (χ2v) is 6.38. The molecule has 108 valence electrons. The molecule has 1 unspecified atom stereocenters. The average Bonchev–Trinajstić information content (AvgIpc) is 2.84. The van der Waals surface area contributed by atoms with Gasteiger partial charge in [-0.25, -0.2) is 4.98 Å². The number of benzene rings is 1. The molecule has 1 atom stereocenters. The van der Waals surface area contributed by atoms with Gasteiger partial charge in [0.1, 0.15) is 0 Å². The minimum absolute atomic E-state index is 0.504. The van der Waals surface area contributed by atoms with Crippen LogP contribution in [0, 0.1) is 13.8 Å². The maximum absolute atomic E-state index is 4.62. The monoisotopic (exact) mass is 288 g/mol. The number of hydrogen-bond donors (Lipinski definition) is 1. The molecule has 0 fully saturated rings. The third-order valence-electron chi connectivity index (χ3n) is 3.57. The molecule has 3 heteroatoms. The van der Waals surface area contributed by atoms with Crippen molar-refractivity contribution in [1.82, 2.24) is 10.3 Å². The van der Waals surface area contributed by atoms with E-state index in [1.165, 1.54) is 23.2 Å². The summed E-state index contributed by atoms with van der Waals surface area (Å²) in [6.07, 6.45) is 2.20. The lowest BCUT2D eigenvalue weighted by Gasteiger charge is -2.19. The van der Waals surface area contributed by atoms with Gasteiger partial charge in [0.05, 0.1) is 10.7 Å². The van der Waals surface area contributed by atoms with E-state index in [4.69, 9.17) is 0 Å². The van der Waals surface area contributed by atoms with Gasteiger partial charge in [-0.1, -0.05) is 31.2 Å². The second kappa shape index (κ2) is 7.55. The third kappa shape index (κ3) is 4.15. The predicted molar refractivity (Wildman–Crippen MR) is 87.6 cm³/mol. The molecule has 0 saturated carbocycles. The summed E-state index contributed by atoms with van der Waals surface area (Å²) in [6.45, 7) is 8.59. The van der Waals surface area contributed by atoms with Gasteiger partial charge < -0.3 is 5.32 Å². The van der Waals surface area contributed by atoms with E-state index in [0.717, 1.165) is 24.5 Å². The lowest BCUT2D eigenvalue weighted by atomic mass is 9.91. The van der Waals surface area contributed by atoms with Crippen molar-refractivity contribution in [1.29, 1.82) is 0 Å². The Balaban J connectivity index is 2.13. The van der Waals surface area contributed by atoms with E-state index in [1.54, 1.807) is 11.3 Å². The first kappa shape index (κ1) is 15.2. The summed E-state index contributed by atoms with van der Waals surface area (Å²) in [6, 6.07) is 8.71. The summed E-state index contributed by atoms with van der Waals surface area (Å²) >= 11 is 1.74. The Kier molecular flexibility index (Phi) is 5.74. The fourth-order valence-corrected chi connectivity index (χ4v) is 3.17. The molecule has 1 N–H and O–H groups in total. The summed E-state index contributed by atoms with van der Waals surface area (Å²) in [5.41, 5.74) is 4.04. The molecule has 0 radical (unpaired) electrons. The Hall–Kier alpha value is -1.19. The highest BCUT2D eigenvalue weighted by molar-refractivity contribution is 7.09. The molecule has 0 aliphatic carbocycles. The molecular formula is C17H24N2S. The maximum atomic E-state index is 4.62. The van der Waals surface area contributed by atoms with E-state index in [9.17, 15) is 0 Å². The van der Waals surface area contributed by atoms with E-state index < -0.39 is 0 Å². The van der Waals surface area contributed by atoms with Crippen molar-refractivity contribution in [3.8, 4) is 0 Å². The van der Waals surface area contributed by atoms with E-state index in [1.807, 2.05) is 0 Å². The van der Waals surface area contributed by atoms with Gasteiger partial charge in [-0.3, -0.25) is 0 Å². The van der Waals surface area contributed by atoms with Crippen LogP contribution in [0.1, 0.15) is 41.1 Å². The minimum Gasteiger partial charge on any atom is -0.316 e. The summed E-state index contributed by atoms with van der Waals surface area (Å²) in [5.74, 6) is 0.504. The molecule has 0 spiro atoms. The molecule has 20 heavy (non-hydrogen) atoms. The summed E-state index contributed by atoms with van der Waals surface area (Å²) in [5, 5.41) is 6.92. The normalized spacial score (nSPS) is 12.6. The number of aromatic nitrogens is 1. The number of nitrogens with one attached hydrogen (secondary N) is 1. The highest BCUT2D eigenvalue weighted by Gasteiger charge is 2.15. The topological polar surface area (TPSA) is 24.9 Å². The Morgan fingerprint density at radius 2 is 2.05 bits per heavy atom. The van der Waals surface area contributed by atoms with Crippen LogP contribution in [0.3, 0.4) is 0 Å². The van der Waals surface area contributed by atoms with E-state index in [2.05, 4.69) is 60.7 Å². The molecule has 1 aromatic carbocycles. The van der Waals surface area contributed by atoms with Crippen molar-refractivity contribution < 1.29 is 0 Å². The van der Waals surface area contributed by atoms with Crippen LogP contribution in [0.4, 0.5) is 0 Å². The SMILES string of the molecule is CCCNCC(Cc1csc(C)n1)c1ccccc1C. The first-order valence-electron chi connectivity index (χ1n) is 7.38. The molecule has 2 rings (SSSR count). The van der Waals surface area contributed by atoms with Crippen molar-refractivity contribution in [3.05, 3.63) is 51.5 Å². The highest BCUT2D eigenvalue weighted by atomic mass is 32.1. The molecule has 1 heterocycles. The van der Waals surface area contributed by atoms with Crippen LogP contribution in [0.25, 0.3) is 0 Å². The molecule has 1 aromatic heterocycles. The fraction of sp³-hybridized carbons (Fsp3) is 0.471. The van der Waals surface area contributed by atoms with E-state index in [-0.39, 0.29) is 0 Å². The highest BCUT2D eigenvalue weighted by Crippen LogP contribution is 2.24. The molecule has 0 amide bonds. The van der Waals surface area contributed by atoms with Crippen molar-refractivity contribution in [2.45, 2.75) is 39.5 Å². The van der Waals surface area contributed by atoms with E-state index >= 15 is 0 Å². The lowest BCUT2D eigenvalue weighted by Crippen LogP contribution is -2.24. The van der Waals surface area contributed by atoms with Crippen molar-refractivity contribution in [3.63, 3.8) is 0 Å². The van der Waals surface area contributed by atoms with Gasteiger partial charge in [0.15, 0.2) is 0 Å². The Bertz CT molecular complexity index is 533. The number of aryl methyl sites for hydroxylation is 2. The van der Waals surface area contributed by atoms with E-state index in [0.29, 0.717) is 5.92 Å². The second-order valence-electron chi connectivity index (χ2n) is 5.32. The first-order valence-corrected chi connectivity index (χ1v) is 8.26. The number of nitrogens with zero attached hydrogens (tertiary/aromatic N) is 1. The quantitative estimate of drug-likeness (QED) is 0.776. The molecule has 0 aliphatic heterocycles. The van der Waals surface area contributed by atoms with Gasteiger partial charge in [0.2, 0.25) is 0 Å².